The molecule has 1 aliphatic carbocycles. The number of hydrogen-bond donors (Lipinski definition) is 0. The summed E-state index contributed by atoms with van der Waals surface area (Å²) in [6.45, 7) is 2.85. The van der Waals surface area contributed by atoms with Gasteiger partial charge in [0, 0.05) is 13.1 Å². The normalized spacial score (nSPS) is 22.9. The predicted molar refractivity (Wildman–Crippen MR) is 74.3 cm³/mol. The Balaban J connectivity index is 1.94. The number of carbonyl (C=O) groups excluding carboxylic acids is 1. The number of ketones is 1. The molecule has 108 valence electrons. The van der Waals surface area contributed by atoms with Crippen LogP contribution in [0.5, 0.6) is 0 Å². The van der Waals surface area contributed by atoms with Gasteiger partial charge in [0.2, 0.25) is 0 Å². The van der Waals surface area contributed by atoms with Crippen LogP contribution in [0.4, 0.5) is 4.39 Å². The maximum Gasteiger partial charge on any atom is 0.186 e. The first-order chi connectivity index (χ1) is 9.74. The van der Waals surface area contributed by atoms with Crippen molar-refractivity contribution in [1.29, 1.82) is 0 Å². The third-order valence-electron chi connectivity index (χ3n) is 4.59. The highest BCUT2D eigenvalue weighted by molar-refractivity contribution is 6.03. The van der Waals surface area contributed by atoms with Gasteiger partial charge < -0.3 is 4.74 Å². The number of morpholine rings is 1. The van der Waals surface area contributed by atoms with E-state index >= 15 is 0 Å². The van der Waals surface area contributed by atoms with Crippen LogP contribution in [0.3, 0.4) is 0 Å². The van der Waals surface area contributed by atoms with Gasteiger partial charge in [-0.15, -0.1) is 0 Å². The Kier molecular flexibility index (Phi) is 3.85. The van der Waals surface area contributed by atoms with Crippen LogP contribution in [-0.4, -0.2) is 42.5 Å². The molecule has 2 aliphatic rings. The van der Waals surface area contributed by atoms with Crippen LogP contribution in [0.1, 0.15) is 36.0 Å². The largest absolute Gasteiger partial charge is 0.379 e. The number of hydrogen-bond acceptors (Lipinski definition) is 3. The molecule has 1 saturated carbocycles. The van der Waals surface area contributed by atoms with Crippen LogP contribution in [0.2, 0.25) is 0 Å². The lowest BCUT2D eigenvalue weighted by molar-refractivity contribution is -0.0131. The minimum atomic E-state index is -0.508. The van der Waals surface area contributed by atoms with Crippen molar-refractivity contribution in [2.45, 2.75) is 31.2 Å². The van der Waals surface area contributed by atoms with Crippen LogP contribution < -0.4 is 0 Å². The van der Waals surface area contributed by atoms with Gasteiger partial charge in [-0.2, -0.15) is 0 Å². The van der Waals surface area contributed by atoms with Gasteiger partial charge in [-0.05, 0) is 25.0 Å². The summed E-state index contributed by atoms with van der Waals surface area (Å²) in [6, 6.07) is 6.34. The van der Waals surface area contributed by atoms with E-state index in [1.807, 2.05) is 0 Å². The standard InChI is InChI=1S/C16H20FNO2/c17-14-6-2-1-5-13(14)15(19)16(7-3-4-8-16)18-9-11-20-12-10-18/h1-2,5-6H,3-4,7-12H2. The highest BCUT2D eigenvalue weighted by Crippen LogP contribution is 2.38. The minimum Gasteiger partial charge on any atom is -0.379 e. The predicted octanol–water partition coefficient (Wildman–Crippen LogP) is 2.65. The Bertz CT molecular complexity index is 491. The summed E-state index contributed by atoms with van der Waals surface area (Å²) < 4.78 is 19.4. The fraction of sp³-hybridized carbons (Fsp3) is 0.562. The molecule has 0 spiro atoms. The van der Waals surface area contributed by atoms with Crippen molar-refractivity contribution >= 4 is 5.78 Å². The van der Waals surface area contributed by atoms with Crippen molar-refractivity contribution in [3.63, 3.8) is 0 Å². The van der Waals surface area contributed by atoms with Crippen LogP contribution in [-0.2, 0) is 4.74 Å². The zero-order valence-electron chi connectivity index (χ0n) is 11.6. The van der Waals surface area contributed by atoms with Crippen LogP contribution in [0.15, 0.2) is 24.3 Å². The minimum absolute atomic E-state index is 0.0463. The first-order valence-electron chi connectivity index (χ1n) is 7.36. The van der Waals surface area contributed by atoms with E-state index in [1.165, 1.54) is 6.07 Å². The lowest BCUT2D eigenvalue weighted by Gasteiger charge is -2.42. The molecule has 1 saturated heterocycles. The molecule has 4 heteroatoms. The summed E-state index contributed by atoms with van der Waals surface area (Å²) in [5.74, 6) is -0.452. The number of carbonyl (C=O) groups is 1. The average molecular weight is 277 g/mol. The molecule has 0 unspecified atom stereocenters. The highest BCUT2D eigenvalue weighted by Gasteiger charge is 2.47. The van der Waals surface area contributed by atoms with Gasteiger partial charge in [-0.25, -0.2) is 4.39 Å². The van der Waals surface area contributed by atoms with Gasteiger partial charge in [0.1, 0.15) is 5.82 Å². The molecule has 0 radical (unpaired) electrons. The van der Waals surface area contributed by atoms with Gasteiger partial charge in [-0.1, -0.05) is 25.0 Å². The fourth-order valence-corrected chi connectivity index (χ4v) is 3.53. The van der Waals surface area contributed by atoms with Crippen molar-refractivity contribution < 1.29 is 13.9 Å². The van der Waals surface area contributed by atoms with Crippen molar-refractivity contribution in [1.82, 2.24) is 4.90 Å². The molecular formula is C16H20FNO2. The van der Waals surface area contributed by atoms with Gasteiger partial charge in [0.25, 0.3) is 0 Å². The molecule has 0 N–H and O–H groups in total. The summed E-state index contributed by atoms with van der Waals surface area (Å²) in [6.07, 6.45) is 3.75. The van der Waals surface area contributed by atoms with Gasteiger partial charge in [0.05, 0.1) is 24.3 Å². The second-order valence-electron chi connectivity index (χ2n) is 5.65. The average Bonchev–Trinajstić information content (AvgIpc) is 2.99. The number of nitrogens with zero attached hydrogens (tertiary/aromatic N) is 1. The quantitative estimate of drug-likeness (QED) is 0.796. The lowest BCUT2D eigenvalue weighted by atomic mass is 9.85. The fourth-order valence-electron chi connectivity index (χ4n) is 3.53. The molecule has 0 bridgehead atoms. The first kappa shape index (κ1) is 13.7. The molecule has 3 nitrogen and oxygen atoms in total. The van der Waals surface area contributed by atoms with Crippen molar-refractivity contribution in [3.05, 3.63) is 35.6 Å². The number of benzene rings is 1. The van der Waals surface area contributed by atoms with E-state index in [9.17, 15) is 9.18 Å². The van der Waals surface area contributed by atoms with E-state index in [0.29, 0.717) is 13.2 Å². The first-order valence-corrected chi connectivity index (χ1v) is 7.36. The van der Waals surface area contributed by atoms with E-state index < -0.39 is 11.4 Å². The van der Waals surface area contributed by atoms with Crippen LogP contribution in [0.25, 0.3) is 0 Å². The monoisotopic (exact) mass is 277 g/mol. The molecule has 0 amide bonds. The highest BCUT2D eigenvalue weighted by atomic mass is 19.1. The van der Waals surface area contributed by atoms with Crippen molar-refractivity contribution in [3.8, 4) is 0 Å². The Morgan fingerprint density at radius 1 is 1.15 bits per heavy atom. The number of ether oxygens (including phenoxy) is 1. The van der Waals surface area contributed by atoms with Crippen molar-refractivity contribution in [2.75, 3.05) is 26.3 Å². The smallest absolute Gasteiger partial charge is 0.186 e. The third-order valence-corrected chi connectivity index (χ3v) is 4.59. The molecule has 1 aliphatic heterocycles. The molecule has 1 aromatic carbocycles. The van der Waals surface area contributed by atoms with Gasteiger partial charge in [0.15, 0.2) is 5.78 Å². The number of halogens is 1. The maximum atomic E-state index is 14.0. The second kappa shape index (κ2) is 5.62. The van der Waals surface area contributed by atoms with Gasteiger partial charge >= 0.3 is 0 Å². The Labute approximate surface area is 118 Å². The molecule has 1 aromatic rings. The molecule has 2 fully saturated rings. The van der Waals surface area contributed by atoms with Gasteiger partial charge in [-0.3, -0.25) is 9.69 Å². The lowest BCUT2D eigenvalue weighted by Crippen LogP contribution is -2.56. The summed E-state index contributed by atoms with van der Waals surface area (Å²) in [5.41, 5.74) is -0.271. The molecule has 3 rings (SSSR count). The number of rotatable bonds is 3. The van der Waals surface area contributed by atoms with Crippen LogP contribution in [0, 0.1) is 5.82 Å². The number of Topliss-reactive ketones (excluding diaryl/α,β-unsaturated/α-hetero) is 1. The van der Waals surface area contributed by atoms with E-state index in [0.717, 1.165) is 38.8 Å². The Hall–Kier alpha value is -1.26. The third kappa shape index (κ3) is 2.27. The van der Waals surface area contributed by atoms with E-state index in [2.05, 4.69) is 4.90 Å². The Morgan fingerprint density at radius 2 is 1.80 bits per heavy atom. The molecule has 0 atom stereocenters. The zero-order chi connectivity index (χ0) is 14.0. The van der Waals surface area contributed by atoms with E-state index in [1.54, 1.807) is 18.2 Å². The topological polar surface area (TPSA) is 29.5 Å². The summed E-state index contributed by atoms with van der Waals surface area (Å²) in [4.78, 5) is 15.2. The van der Waals surface area contributed by atoms with E-state index in [4.69, 9.17) is 4.74 Å². The zero-order valence-corrected chi connectivity index (χ0v) is 11.6. The summed E-state index contributed by atoms with van der Waals surface area (Å²) in [5, 5.41) is 0. The summed E-state index contributed by atoms with van der Waals surface area (Å²) in [7, 11) is 0. The van der Waals surface area contributed by atoms with Crippen LogP contribution >= 0.6 is 0 Å². The second-order valence-corrected chi connectivity index (χ2v) is 5.65. The van der Waals surface area contributed by atoms with Crippen molar-refractivity contribution in [2.24, 2.45) is 0 Å². The van der Waals surface area contributed by atoms with E-state index in [-0.39, 0.29) is 11.3 Å². The SMILES string of the molecule is O=C(c1ccccc1F)C1(N2CCOCC2)CCCC1. The Morgan fingerprint density at radius 3 is 2.45 bits per heavy atom. The maximum absolute atomic E-state index is 14.0. The summed E-state index contributed by atoms with van der Waals surface area (Å²) >= 11 is 0. The molecule has 0 aromatic heterocycles. The molecule has 20 heavy (non-hydrogen) atoms. The molecule has 1 heterocycles. The molecular weight excluding hydrogens is 257 g/mol.